The van der Waals surface area contributed by atoms with Crippen LogP contribution in [-0.2, 0) is 4.74 Å². The van der Waals surface area contributed by atoms with Crippen LogP contribution in [0.3, 0.4) is 0 Å². The predicted molar refractivity (Wildman–Crippen MR) is 55.4 cm³/mol. The van der Waals surface area contributed by atoms with Crippen LogP contribution < -0.4 is 0 Å². The summed E-state index contributed by atoms with van der Waals surface area (Å²) in [5, 5.41) is 3.62. The van der Waals surface area contributed by atoms with E-state index >= 15 is 0 Å². The summed E-state index contributed by atoms with van der Waals surface area (Å²) in [4.78, 5) is 15.8. The molecule has 1 heterocycles. The standard InChI is InChI=1S/C9H16N4O2/c1-8(2,3)15-7(14)13-5-9(4,6-13)11-12-10/h5-6H2,1-4H3. The number of carbonyl (C=O) groups excluding carboxylic acids is 1. The van der Waals surface area contributed by atoms with Gasteiger partial charge in [0.15, 0.2) is 0 Å². The highest BCUT2D eigenvalue weighted by atomic mass is 16.6. The molecule has 1 amide bonds. The van der Waals surface area contributed by atoms with Gasteiger partial charge in [0.25, 0.3) is 0 Å². The van der Waals surface area contributed by atoms with Crippen molar-refractivity contribution < 1.29 is 9.53 Å². The molecular formula is C9H16N4O2. The highest BCUT2D eigenvalue weighted by Crippen LogP contribution is 2.26. The smallest absolute Gasteiger partial charge is 0.410 e. The lowest BCUT2D eigenvalue weighted by Crippen LogP contribution is -2.61. The van der Waals surface area contributed by atoms with Crippen LogP contribution in [0, 0.1) is 0 Å². The zero-order valence-corrected chi connectivity index (χ0v) is 9.52. The molecule has 84 valence electrons. The van der Waals surface area contributed by atoms with E-state index in [9.17, 15) is 4.79 Å². The molecule has 6 nitrogen and oxygen atoms in total. The van der Waals surface area contributed by atoms with Gasteiger partial charge in [-0.05, 0) is 26.3 Å². The molecule has 1 saturated heterocycles. The fourth-order valence-electron chi connectivity index (χ4n) is 1.40. The predicted octanol–water partition coefficient (Wildman–Crippen LogP) is 2.31. The van der Waals surface area contributed by atoms with Gasteiger partial charge in [-0.25, -0.2) is 4.79 Å². The third-order valence-corrected chi connectivity index (χ3v) is 2.00. The molecule has 1 aliphatic heterocycles. The molecule has 0 spiro atoms. The van der Waals surface area contributed by atoms with Crippen molar-refractivity contribution in [2.24, 2.45) is 5.11 Å². The molecule has 0 bridgehead atoms. The van der Waals surface area contributed by atoms with Gasteiger partial charge in [-0.15, -0.1) is 0 Å². The summed E-state index contributed by atoms with van der Waals surface area (Å²) in [5.41, 5.74) is 7.35. The van der Waals surface area contributed by atoms with Crippen molar-refractivity contribution in [3.05, 3.63) is 10.4 Å². The molecule has 0 unspecified atom stereocenters. The van der Waals surface area contributed by atoms with Gasteiger partial charge < -0.3 is 9.64 Å². The van der Waals surface area contributed by atoms with Crippen molar-refractivity contribution in [1.29, 1.82) is 0 Å². The molecule has 0 aromatic heterocycles. The zero-order valence-electron chi connectivity index (χ0n) is 9.52. The van der Waals surface area contributed by atoms with E-state index in [1.165, 1.54) is 4.90 Å². The third kappa shape index (κ3) is 3.02. The maximum Gasteiger partial charge on any atom is 0.410 e. The Labute approximate surface area is 88.8 Å². The van der Waals surface area contributed by atoms with Crippen molar-refractivity contribution in [2.75, 3.05) is 13.1 Å². The Hall–Kier alpha value is -1.42. The minimum Gasteiger partial charge on any atom is -0.444 e. The number of ether oxygens (including phenoxy) is 1. The molecule has 0 radical (unpaired) electrons. The fourth-order valence-corrected chi connectivity index (χ4v) is 1.40. The molecule has 1 rings (SSSR count). The largest absolute Gasteiger partial charge is 0.444 e. The van der Waals surface area contributed by atoms with Crippen molar-refractivity contribution in [2.45, 2.75) is 38.8 Å². The molecule has 0 aromatic carbocycles. The average Bonchev–Trinajstić information content (AvgIpc) is 1.96. The number of nitrogens with zero attached hydrogens (tertiary/aromatic N) is 4. The number of azide groups is 1. The third-order valence-electron chi connectivity index (χ3n) is 2.00. The van der Waals surface area contributed by atoms with Crippen LogP contribution in [0.2, 0.25) is 0 Å². The van der Waals surface area contributed by atoms with E-state index < -0.39 is 11.1 Å². The number of hydrogen-bond acceptors (Lipinski definition) is 3. The summed E-state index contributed by atoms with van der Waals surface area (Å²) in [5.74, 6) is 0. The first-order chi connectivity index (χ1) is 6.76. The van der Waals surface area contributed by atoms with Gasteiger partial charge in [0.1, 0.15) is 5.60 Å². The van der Waals surface area contributed by atoms with Crippen molar-refractivity contribution in [3.63, 3.8) is 0 Å². The number of likely N-dealkylation sites (tertiary alicyclic amines) is 1. The van der Waals surface area contributed by atoms with Gasteiger partial charge in [0, 0.05) is 18.0 Å². The average molecular weight is 212 g/mol. The Kier molecular flexibility index (Phi) is 2.81. The second-order valence-corrected chi connectivity index (χ2v) is 5.02. The fraction of sp³-hybridized carbons (Fsp3) is 0.889. The lowest BCUT2D eigenvalue weighted by molar-refractivity contribution is -0.00453. The maximum atomic E-state index is 11.5. The van der Waals surface area contributed by atoms with Gasteiger partial charge in [0.2, 0.25) is 0 Å². The summed E-state index contributed by atoms with van der Waals surface area (Å²) >= 11 is 0. The molecule has 1 aliphatic rings. The summed E-state index contributed by atoms with van der Waals surface area (Å²) in [6.45, 7) is 8.11. The number of rotatable bonds is 1. The lowest BCUT2D eigenvalue weighted by atomic mass is 9.94. The van der Waals surface area contributed by atoms with E-state index in [-0.39, 0.29) is 6.09 Å². The van der Waals surface area contributed by atoms with Crippen LogP contribution >= 0.6 is 0 Å². The van der Waals surface area contributed by atoms with Gasteiger partial charge in [-0.2, -0.15) is 0 Å². The summed E-state index contributed by atoms with van der Waals surface area (Å²) in [6, 6.07) is 0. The molecule has 0 atom stereocenters. The first-order valence-corrected chi connectivity index (χ1v) is 4.80. The Balaban J connectivity index is 2.45. The number of carbonyl (C=O) groups is 1. The van der Waals surface area contributed by atoms with E-state index in [2.05, 4.69) is 10.0 Å². The van der Waals surface area contributed by atoms with E-state index in [0.29, 0.717) is 13.1 Å². The second-order valence-electron chi connectivity index (χ2n) is 5.02. The molecule has 0 aromatic rings. The van der Waals surface area contributed by atoms with Crippen LogP contribution in [-0.4, -0.2) is 35.2 Å². The maximum absolute atomic E-state index is 11.5. The SMILES string of the molecule is CC1(N=[N+]=[N-])CN(C(=O)OC(C)(C)C)C1. The molecule has 15 heavy (non-hydrogen) atoms. The minimum absolute atomic E-state index is 0.354. The molecule has 6 heteroatoms. The van der Waals surface area contributed by atoms with E-state index in [0.717, 1.165) is 0 Å². The topological polar surface area (TPSA) is 78.3 Å². The highest BCUT2D eigenvalue weighted by molar-refractivity contribution is 5.69. The van der Waals surface area contributed by atoms with Crippen LogP contribution in [0.4, 0.5) is 4.79 Å². The van der Waals surface area contributed by atoms with E-state index in [1.807, 2.05) is 27.7 Å². The molecule has 1 fully saturated rings. The monoisotopic (exact) mass is 212 g/mol. The van der Waals surface area contributed by atoms with E-state index in [1.54, 1.807) is 0 Å². The Morgan fingerprint density at radius 3 is 2.47 bits per heavy atom. The van der Waals surface area contributed by atoms with Crippen LogP contribution in [0.1, 0.15) is 27.7 Å². The van der Waals surface area contributed by atoms with Crippen LogP contribution in [0.5, 0.6) is 0 Å². The van der Waals surface area contributed by atoms with Gasteiger partial charge in [0.05, 0.1) is 5.54 Å². The first kappa shape index (κ1) is 11.7. The molecule has 0 aliphatic carbocycles. The molecule has 0 N–H and O–H groups in total. The summed E-state index contributed by atoms with van der Waals surface area (Å²) in [7, 11) is 0. The minimum atomic E-state index is -0.485. The van der Waals surface area contributed by atoms with Crippen LogP contribution in [0.25, 0.3) is 10.4 Å². The Bertz CT molecular complexity index is 309. The van der Waals surface area contributed by atoms with Crippen molar-refractivity contribution in [1.82, 2.24) is 4.90 Å². The zero-order chi connectivity index (χ0) is 11.7. The summed E-state index contributed by atoms with van der Waals surface area (Å²) in [6.07, 6.45) is -0.354. The molecular weight excluding hydrogens is 196 g/mol. The van der Waals surface area contributed by atoms with E-state index in [4.69, 9.17) is 10.3 Å². The quantitative estimate of drug-likeness (QED) is 0.380. The molecule has 0 saturated carbocycles. The highest BCUT2D eigenvalue weighted by Gasteiger charge is 2.42. The van der Waals surface area contributed by atoms with Gasteiger partial charge in [-0.3, -0.25) is 0 Å². The van der Waals surface area contributed by atoms with Crippen molar-refractivity contribution >= 4 is 6.09 Å². The lowest BCUT2D eigenvalue weighted by Gasteiger charge is -2.44. The van der Waals surface area contributed by atoms with Crippen LogP contribution in [0.15, 0.2) is 5.11 Å². The van der Waals surface area contributed by atoms with Gasteiger partial charge >= 0.3 is 6.09 Å². The Morgan fingerprint density at radius 2 is 2.07 bits per heavy atom. The second kappa shape index (κ2) is 3.62. The normalized spacial score (nSPS) is 18.8. The first-order valence-electron chi connectivity index (χ1n) is 4.80. The number of hydrogen-bond donors (Lipinski definition) is 0. The van der Waals surface area contributed by atoms with Crippen molar-refractivity contribution in [3.8, 4) is 0 Å². The summed E-state index contributed by atoms with van der Waals surface area (Å²) < 4.78 is 5.17. The van der Waals surface area contributed by atoms with Gasteiger partial charge in [-0.1, -0.05) is 12.0 Å². The number of amides is 1. The Morgan fingerprint density at radius 1 is 1.53 bits per heavy atom.